The minimum atomic E-state index is -0.715. The van der Waals surface area contributed by atoms with Gasteiger partial charge in [0.1, 0.15) is 5.54 Å². The molecule has 0 saturated carbocycles. The fourth-order valence-corrected chi connectivity index (χ4v) is 2.00. The van der Waals surface area contributed by atoms with E-state index in [2.05, 4.69) is 19.2 Å². The molecule has 1 rings (SSSR count). The van der Waals surface area contributed by atoms with E-state index in [1.54, 1.807) is 12.1 Å². The molecule has 106 valence electrons. The van der Waals surface area contributed by atoms with Crippen molar-refractivity contribution in [1.29, 1.82) is 0 Å². The van der Waals surface area contributed by atoms with Crippen LogP contribution in [0.2, 0.25) is 5.02 Å². The highest BCUT2D eigenvalue weighted by Gasteiger charge is 2.34. The van der Waals surface area contributed by atoms with Gasteiger partial charge >= 0.3 is 5.97 Å². The molecule has 1 N–H and O–H groups in total. The maximum Gasteiger partial charge on any atom is 0.331 e. The fourth-order valence-electron chi connectivity index (χ4n) is 1.87. The first-order chi connectivity index (χ1) is 8.87. The predicted molar refractivity (Wildman–Crippen MR) is 79.6 cm³/mol. The summed E-state index contributed by atoms with van der Waals surface area (Å²) in [6, 6.07) is 7.31. The topological polar surface area (TPSA) is 38.3 Å². The van der Waals surface area contributed by atoms with Crippen molar-refractivity contribution in [3.63, 3.8) is 0 Å². The minimum absolute atomic E-state index is 0.247. The standard InChI is InChI=1S/C15H22ClNO2/c1-11(2)9-10-15(3,14(18)19-4)17-13-7-5-12(16)6-8-13/h5-8,11,17H,9-10H2,1-4H3. The number of nitrogens with one attached hydrogen (secondary N) is 1. The summed E-state index contributed by atoms with van der Waals surface area (Å²) in [5.74, 6) is 0.291. The van der Waals surface area contributed by atoms with Crippen LogP contribution in [0.25, 0.3) is 0 Å². The van der Waals surface area contributed by atoms with E-state index in [1.165, 1.54) is 7.11 Å². The third-order valence-corrected chi connectivity index (χ3v) is 3.37. The number of carbonyl (C=O) groups is 1. The Kier molecular flexibility index (Phi) is 5.67. The highest BCUT2D eigenvalue weighted by molar-refractivity contribution is 6.30. The number of esters is 1. The SMILES string of the molecule is COC(=O)C(C)(CCC(C)C)Nc1ccc(Cl)cc1. The number of hydrogen-bond donors (Lipinski definition) is 1. The summed E-state index contributed by atoms with van der Waals surface area (Å²) >= 11 is 5.86. The van der Waals surface area contributed by atoms with Crippen LogP contribution in [0.3, 0.4) is 0 Å². The third-order valence-electron chi connectivity index (χ3n) is 3.12. The van der Waals surface area contributed by atoms with Gasteiger partial charge in [-0.25, -0.2) is 4.79 Å². The van der Waals surface area contributed by atoms with Crippen LogP contribution in [-0.2, 0) is 9.53 Å². The molecule has 0 saturated heterocycles. The Morgan fingerprint density at radius 1 is 1.37 bits per heavy atom. The molecule has 1 aromatic carbocycles. The average Bonchev–Trinajstić information content (AvgIpc) is 2.38. The Bertz CT molecular complexity index is 417. The second kappa shape index (κ2) is 6.80. The molecule has 0 heterocycles. The lowest BCUT2D eigenvalue weighted by atomic mass is 9.91. The Morgan fingerprint density at radius 2 is 1.95 bits per heavy atom. The average molecular weight is 284 g/mol. The normalized spacial score (nSPS) is 14.0. The second-order valence-electron chi connectivity index (χ2n) is 5.39. The lowest BCUT2D eigenvalue weighted by molar-refractivity contribution is -0.145. The van der Waals surface area contributed by atoms with Crippen LogP contribution in [-0.4, -0.2) is 18.6 Å². The second-order valence-corrected chi connectivity index (χ2v) is 5.82. The van der Waals surface area contributed by atoms with E-state index in [1.807, 2.05) is 19.1 Å². The van der Waals surface area contributed by atoms with Crippen molar-refractivity contribution < 1.29 is 9.53 Å². The molecule has 0 spiro atoms. The van der Waals surface area contributed by atoms with Gasteiger partial charge in [-0.2, -0.15) is 0 Å². The van der Waals surface area contributed by atoms with Crippen LogP contribution in [0.5, 0.6) is 0 Å². The monoisotopic (exact) mass is 283 g/mol. The van der Waals surface area contributed by atoms with Gasteiger partial charge in [-0.15, -0.1) is 0 Å². The summed E-state index contributed by atoms with van der Waals surface area (Å²) in [5, 5.41) is 3.93. The Hall–Kier alpha value is -1.22. The molecular formula is C15H22ClNO2. The molecule has 0 amide bonds. The quantitative estimate of drug-likeness (QED) is 0.798. The van der Waals surface area contributed by atoms with E-state index in [4.69, 9.17) is 16.3 Å². The van der Waals surface area contributed by atoms with E-state index in [-0.39, 0.29) is 5.97 Å². The summed E-state index contributed by atoms with van der Waals surface area (Å²) < 4.78 is 4.92. The molecule has 0 aliphatic carbocycles. The van der Waals surface area contributed by atoms with Crippen LogP contribution in [0.1, 0.15) is 33.6 Å². The van der Waals surface area contributed by atoms with E-state index in [9.17, 15) is 4.79 Å². The Labute approximate surface area is 120 Å². The van der Waals surface area contributed by atoms with Crippen molar-refractivity contribution >= 4 is 23.3 Å². The van der Waals surface area contributed by atoms with Gasteiger partial charge in [0.2, 0.25) is 0 Å². The van der Waals surface area contributed by atoms with Gasteiger partial charge in [0.25, 0.3) is 0 Å². The number of halogens is 1. The summed E-state index contributed by atoms with van der Waals surface area (Å²) in [5.41, 5.74) is 0.147. The van der Waals surface area contributed by atoms with Crippen molar-refractivity contribution in [3.05, 3.63) is 29.3 Å². The maximum absolute atomic E-state index is 12.0. The predicted octanol–water partition coefficient (Wildman–Crippen LogP) is 4.12. The minimum Gasteiger partial charge on any atom is -0.467 e. The van der Waals surface area contributed by atoms with Crippen molar-refractivity contribution in [1.82, 2.24) is 0 Å². The molecule has 0 aliphatic heterocycles. The molecule has 1 unspecified atom stereocenters. The smallest absolute Gasteiger partial charge is 0.331 e. The summed E-state index contributed by atoms with van der Waals surface area (Å²) in [6.45, 7) is 6.15. The third kappa shape index (κ3) is 4.75. The number of methoxy groups -OCH3 is 1. The first kappa shape index (κ1) is 15.8. The summed E-state index contributed by atoms with van der Waals surface area (Å²) in [7, 11) is 1.42. The van der Waals surface area contributed by atoms with Crippen molar-refractivity contribution in [2.75, 3.05) is 12.4 Å². The molecule has 0 aliphatic rings. The molecule has 0 aromatic heterocycles. The van der Waals surface area contributed by atoms with E-state index < -0.39 is 5.54 Å². The molecule has 0 fully saturated rings. The maximum atomic E-state index is 12.0. The number of benzene rings is 1. The van der Waals surface area contributed by atoms with E-state index >= 15 is 0 Å². The number of rotatable bonds is 6. The molecule has 1 aromatic rings. The summed E-state index contributed by atoms with van der Waals surface area (Å²) in [6.07, 6.45) is 1.67. The first-order valence-corrected chi connectivity index (χ1v) is 6.87. The van der Waals surface area contributed by atoms with Gasteiger partial charge in [-0.3, -0.25) is 0 Å². The van der Waals surface area contributed by atoms with E-state index in [0.29, 0.717) is 10.9 Å². The lowest BCUT2D eigenvalue weighted by Crippen LogP contribution is -2.44. The first-order valence-electron chi connectivity index (χ1n) is 6.49. The summed E-state index contributed by atoms with van der Waals surface area (Å²) in [4.78, 5) is 12.0. The number of anilines is 1. The van der Waals surface area contributed by atoms with Gasteiger partial charge in [-0.05, 0) is 49.9 Å². The molecular weight excluding hydrogens is 262 g/mol. The van der Waals surface area contributed by atoms with Crippen LogP contribution in [0.4, 0.5) is 5.69 Å². The van der Waals surface area contributed by atoms with Gasteiger partial charge in [-0.1, -0.05) is 25.4 Å². The van der Waals surface area contributed by atoms with Crippen LogP contribution in [0.15, 0.2) is 24.3 Å². The van der Waals surface area contributed by atoms with Gasteiger partial charge in [0.15, 0.2) is 0 Å². The highest BCUT2D eigenvalue weighted by Crippen LogP contribution is 2.24. The zero-order valence-electron chi connectivity index (χ0n) is 12.0. The Balaban J connectivity index is 2.84. The highest BCUT2D eigenvalue weighted by atomic mass is 35.5. The largest absolute Gasteiger partial charge is 0.467 e. The Morgan fingerprint density at radius 3 is 2.42 bits per heavy atom. The van der Waals surface area contributed by atoms with Crippen LogP contribution < -0.4 is 5.32 Å². The molecule has 1 atom stereocenters. The van der Waals surface area contributed by atoms with Crippen molar-refractivity contribution in [2.24, 2.45) is 5.92 Å². The fraction of sp³-hybridized carbons (Fsp3) is 0.533. The number of hydrogen-bond acceptors (Lipinski definition) is 3. The lowest BCUT2D eigenvalue weighted by Gasteiger charge is -2.29. The zero-order valence-corrected chi connectivity index (χ0v) is 12.8. The van der Waals surface area contributed by atoms with Crippen LogP contribution in [0, 0.1) is 5.92 Å². The molecule has 0 bridgehead atoms. The zero-order chi connectivity index (χ0) is 14.5. The molecule has 3 nitrogen and oxygen atoms in total. The molecule has 4 heteroatoms. The molecule has 0 radical (unpaired) electrons. The van der Waals surface area contributed by atoms with E-state index in [0.717, 1.165) is 18.5 Å². The molecule has 19 heavy (non-hydrogen) atoms. The van der Waals surface area contributed by atoms with Crippen molar-refractivity contribution in [2.45, 2.75) is 39.2 Å². The number of ether oxygens (including phenoxy) is 1. The number of carbonyl (C=O) groups excluding carboxylic acids is 1. The van der Waals surface area contributed by atoms with Gasteiger partial charge in [0, 0.05) is 10.7 Å². The van der Waals surface area contributed by atoms with Crippen LogP contribution >= 0.6 is 11.6 Å². The van der Waals surface area contributed by atoms with Gasteiger partial charge in [0.05, 0.1) is 7.11 Å². The van der Waals surface area contributed by atoms with Crippen molar-refractivity contribution in [3.8, 4) is 0 Å². The van der Waals surface area contributed by atoms with Gasteiger partial charge < -0.3 is 10.1 Å².